The third kappa shape index (κ3) is 5.26. The van der Waals surface area contributed by atoms with Gasteiger partial charge in [-0.1, -0.05) is 23.7 Å². The first-order valence-electron chi connectivity index (χ1n) is 5.66. The molecular formula is C13H15ClN2O3. The molecule has 1 N–H and O–H groups in total. The quantitative estimate of drug-likeness (QED) is 0.630. The van der Waals surface area contributed by atoms with Crippen molar-refractivity contribution < 1.29 is 14.6 Å². The Hall–Kier alpha value is -1.61. The maximum atomic E-state index is 11.2. The maximum Gasteiger partial charge on any atom is 0.319 e. The molecular weight excluding hydrogens is 268 g/mol. The molecule has 0 aliphatic rings. The van der Waals surface area contributed by atoms with Gasteiger partial charge in [0.05, 0.1) is 32.4 Å². The van der Waals surface area contributed by atoms with Crippen LogP contribution in [0.15, 0.2) is 24.3 Å². The third-order valence-corrected chi connectivity index (χ3v) is 2.77. The Balaban J connectivity index is 2.68. The molecule has 0 aliphatic carbocycles. The van der Waals surface area contributed by atoms with Crippen LogP contribution in [0.5, 0.6) is 0 Å². The fourth-order valence-corrected chi connectivity index (χ4v) is 1.79. The van der Waals surface area contributed by atoms with Crippen LogP contribution in [0.25, 0.3) is 0 Å². The molecule has 0 aromatic heterocycles. The minimum absolute atomic E-state index is 0.0345. The highest BCUT2D eigenvalue weighted by atomic mass is 35.5. The van der Waals surface area contributed by atoms with E-state index in [2.05, 4.69) is 4.74 Å². The van der Waals surface area contributed by atoms with Crippen molar-refractivity contribution in [3.05, 3.63) is 34.9 Å². The summed E-state index contributed by atoms with van der Waals surface area (Å²) in [6.45, 7) is 0.150. The minimum atomic E-state index is -0.822. The number of aliphatic hydroxyl groups excluding tert-OH is 1. The average molecular weight is 283 g/mol. The van der Waals surface area contributed by atoms with Gasteiger partial charge >= 0.3 is 5.97 Å². The lowest BCUT2D eigenvalue weighted by molar-refractivity contribution is -0.142. The van der Waals surface area contributed by atoms with Gasteiger partial charge in [0.2, 0.25) is 0 Å². The Bertz CT molecular complexity index is 473. The normalized spacial score (nSPS) is 11.9. The zero-order chi connectivity index (χ0) is 14.3. The van der Waals surface area contributed by atoms with E-state index in [0.717, 1.165) is 0 Å². The van der Waals surface area contributed by atoms with Crippen LogP contribution in [0, 0.1) is 11.3 Å². The molecule has 0 amide bonds. The standard InChI is InChI=1S/C13H15ClN2O3/c1-19-13(18)9-16(6-5-15)8-12(17)10-3-2-4-11(14)7-10/h2-4,7,12,17H,6,8-9H2,1H3. The van der Waals surface area contributed by atoms with E-state index in [1.807, 2.05) is 6.07 Å². The summed E-state index contributed by atoms with van der Waals surface area (Å²) in [5.41, 5.74) is 0.639. The third-order valence-electron chi connectivity index (χ3n) is 2.54. The highest BCUT2D eigenvalue weighted by molar-refractivity contribution is 6.30. The lowest BCUT2D eigenvalue weighted by Crippen LogP contribution is -2.34. The van der Waals surface area contributed by atoms with E-state index in [0.29, 0.717) is 10.6 Å². The number of benzene rings is 1. The van der Waals surface area contributed by atoms with Crippen molar-refractivity contribution in [1.29, 1.82) is 5.26 Å². The number of methoxy groups -OCH3 is 1. The highest BCUT2D eigenvalue weighted by Crippen LogP contribution is 2.18. The molecule has 0 spiro atoms. The van der Waals surface area contributed by atoms with Gasteiger partial charge in [0, 0.05) is 11.6 Å². The van der Waals surface area contributed by atoms with Gasteiger partial charge in [-0.2, -0.15) is 5.26 Å². The zero-order valence-corrected chi connectivity index (χ0v) is 11.3. The Morgan fingerprint density at radius 2 is 2.37 bits per heavy atom. The first kappa shape index (κ1) is 15.4. The Kier molecular flexibility index (Phi) is 6.30. The lowest BCUT2D eigenvalue weighted by Gasteiger charge is -2.21. The minimum Gasteiger partial charge on any atom is -0.468 e. The largest absolute Gasteiger partial charge is 0.468 e. The molecule has 0 saturated heterocycles. The Morgan fingerprint density at radius 3 is 2.95 bits per heavy atom. The number of halogens is 1. The van der Waals surface area contributed by atoms with E-state index >= 15 is 0 Å². The van der Waals surface area contributed by atoms with Gasteiger partial charge in [-0.25, -0.2) is 0 Å². The lowest BCUT2D eigenvalue weighted by atomic mass is 10.1. The summed E-state index contributed by atoms with van der Waals surface area (Å²) < 4.78 is 4.54. The molecule has 0 heterocycles. The number of carbonyl (C=O) groups is 1. The fourth-order valence-electron chi connectivity index (χ4n) is 1.60. The van der Waals surface area contributed by atoms with E-state index < -0.39 is 12.1 Å². The molecule has 5 nitrogen and oxygen atoms in total. The van der Waals surface area contributed by atoms with Crippen molar-refractivity contribution in [3.63, 3.8) is 0 Å². The summed E-state index contributed by atoms with van der Waals surface area (Å²) in [6.07, 6.45) is -0.822. The van der Waals surface area contributed by atoms with Crippen molar-refractivity contribution in [2.24, 2.45) is 0 Å². The number of rotatable bonds is 6. The Labute approximate surface area is 117 Å². The van der Waals surface area contributed by atoms with E-state index in [1.54, 1.807) is 24.3 Å². The molecule has 0 fully saturated rings. The summed E-state index contributed by atoms with van der Waals surface area (Å²) in [5, 5.41) is 19.3. The first-order valence-corrected chi connectivity index (χ1v) is 6.04. The Morgan fingerprint density at radius 1 is 1.63 bits per heavy atom. The smallest absolute Gasteiger partial charge is 0.319 e. The first-order chi connectivity index (χ1) is 9.06. The van der Waals surface area contributed by atoms with Crippen LogP contribution in [0.2, 0.25) is 5.02 Å². The van der Waals surface area contributed by atoms with Crippen molar-refractivity contribution in [1.82, 2.24) is 4.90 Å². The second kappa shape index (κ2) is 7.74. The molecule has 1 rings (SSSR count). The number of ether oxygens (including phenoxy) is 1. The van der Waals surface area contributed by atoms with Crippen molar-refractivity contribution in [3.8, 4) is 6.07 Å². The van der Waals surface area contributed by atoms with Crippen LogP contribution >= 0.6 is 11.6 Å². The van der Waals surface area contributed by atoms with Gasteiger partial charge < -0.3 is 9.84 Å². The predicted molar refractivity (Wildman–Crippen MR) is 70.5 cm³/mol. The zero-order valence-electron chi connectivity index (χ0n) is 10.5. The van der Waals surface area contributed by atoms with Crippen LogP contribution in [0.4, 0.5) is 0 Å². The van der Waals surface area contributed by atoms with Gasteiger partial charge in [-0.3, -0.25) is 9.69 Å². The van der Waals surface area contributed by atoms with E-state index in [-0.39, 0.29) is 19.6 Å². The van der Waals surface area contributed by atoms with E-state index in [4.69, 9.17) is 16.9 Å². The monoisotopic (exact) mass is 282 g/mol. The molecule has 1 atom stereocenters. The van der Waals surface area contributed by atoms with Crippen LogP contribution in [0.3, 0.4) is 0 Å². The summed E-state index contributed by atoms with van der Waals surface area (Å²) >= 11 is 5.84. The van der Waals surface area contributed by atoms with E-state index in [1.165, 1.54) is 12.0 Å². The van der Waals surface area contributed by atoms with Gasteiger partial charge in [0.25, 0.3) is 0 Å². The maximum absolute atomic E-state index is 11.2. The summed E-state index contributed by atoms with van der Waals surface area (Å²) in [6, 6.07) is 8.77. The van der Waals surface area contributed by atoms with Gasteiger partial charge in [-0.05, 0) is 17.7 Å². The van der Waals surface area contributed by atoms with Crippen molar-refractivity contribution in [2.75, 3.05) is 26.7 Å². The molecule has 0 radical (unpaired) electrons. The predicted octanol–water partition coefficient (Wildman–Crippen LogP) is 1.37. The molecule has 19 heavy (non-hydrogen) atoms. The van der Waals surface area contributed by atoms with Gasteiger partial charge in [0.1, 0.15) is 0 Å². The molecule has 6 heteroatoms. The van der Waals surface area contributed by atoms with Crippen LogP contribution in [-0.4, -0.2) is 42.7 Å². The highest BCUT2D eigenvalue weighted by Gasteiger charge is 2.16. The summed E-state index contributed by atoms with van der Waals surface area (Å²) in [7, 11) is 1.28. The molecule has 0 aliphatic heterocycles. The summed E-state index contributed by atoms with van der Waals surface area (Å²) in [4.78, 5) is 12.7. The van der Waals surface area contributed by atoms with Gasteiger partial charge in [0.15, 0.2) is 0 Å². The van der Waals surface area contributed by atoms with Crippen LogP contribution < -0.4 is 0 Å². The van der Waals surface area contributed by atoms with Crippen LogP contribution in [-0.2, 0) is 9.53 Å². The molecule has 102 valence electrons. The second-order valence-corrected chi connectivity index (χ2v) is 4.41. The number of nitriles is 1. The molecule has 0 bridgehead atoms. The second-order valence-electron chi connectivity index (χ2n) is 3.97. The topological polar surface area (TPSA) is 73.6 Å². The SMILES string of the molecule is COC(=O)CN(CC#N)CC(O)c1cccc(Cl)c1. The number of hydrogen-bond acceptors (Lipinski definition) is 5. The number of aliphatic hydroxyl groups is 1. The average Bonchev–Trinajstić information content (AvgIpc) is 2.38. The fraction of sp³-hybridized carbons (Fsp3) is 0.385. The number of esters is 1. The van der Waals surface area contributed by atoms with Crippen LogP contribution in [0.1, 0.15) is 11.7 Å². The molecule has 0 saturated carbocycles. The van der Waals surface area contributed by atoms with Crippen molar-refractivity contribution in [2.45, 2.75) is 6.10 Å². The number of carbonyl (C=O) groups excluding carboxylic acids is 1. The summed E-state index contributed by atoms with van der Waals surface area (Å²) in [5.74, 6) is -0.450. The van der Waals surface area contributed by atoms with Crippen molar-refractivity contribution >= 4 is 17.6 Å². The molecule has 1 aromatic rings. The number of hydrogen-bond donors (Lipinski definition) is 1. The van der Waals surface area contributed by atoms with E-state index in [9.17, 15) is 9.90 Å². The van der Waals surface area contributed by atoms with Gasteiger partial charge in [-0.15, -0.1) is 0 Å². The molecule has 1 aromatic carbocycles. The number of nitrogens with zero attached hydrogens (tertiary/aromatic N) is 2. The molecule has 1 unspecified atom stereocenters.